The summed E-state index contributed by atoms with van der Waals surface area (Å²) in [6.07, 6.45) is 3.29. The van der Waals surface area contributed by atoms with Crippen molar-refractivity contribution in [2.45, 2.75) is 59.4 Å². The molecule has 0 bridgehead atoms. The van der Waals surface area contributed by atoms with Crippen molar-refractivity contribution in [2.24, 2.45) is 11.8 Å². The maximum Gasteiger partial charge on any atom is 0.128 e. The van der Waals surface area contributed by atoms with Gasteiger partial charge < -0.3 is 21.6 Å². The zero-order valence-corrected chi connectivity index (χ0v) is 20.9. The highest BCUT2D eigenvalue weighted by molar-refractivity contribution is 5.33. The number of rotatable bonds is 11. The van der Waals surface area contributed by atoms with E-state index in [9.17, 15) is 0 Å². The van der Waals surface area contributed by atoms with E-state index in [4.69, 9.17) is 4.74 Å². The number of quaternary nitrogens is 1. The molecule has 0 saturated carbocycles. The monoisotopic (exact) mass is 431 g/mol. The topological polar surface area (TPSA) is 9.23 Å². The minimum atomic E-state index is 0. The van der Waals surface area contributed by atoms with E-state index in [-0.39, 0.29) is 17.9 Å². The van der Waals surface area contributed by atoms with Gasteiger partial charge in [-0.15, -0.1) is 0 Å². The average molecular weight is 432 g/mol. The van der Waals surface area contributed by atoms with Crippen molar-refractivity contribution < 1.29 is 21.6 Å². The summed E-state index contributed by atoms with van der Waals surface area (Å²) < 4.78 is 7.19. The molecule has 1 unspecified atom stereocenters. The summed E-state index contributed by atoms with van der Waals surface area (Å²) in [4.78, 5) is 0. The fourth-order valence-electron chi connectivity index (χ4n) is 4.65. The third-order valence-electron chi connectivity index (χ3n) is 6.37. The molecule has 0 radical (unpaired) electrons. The summed E-state index contributed by atoms with van der Waals surface area (Å²) in [6.45, 7) is 13.5. The summed E-state index contributed by atoms with van der Waals surface area (Å²) >= 11 is 0. The third-order valence-corrected chi connectivity index (χ3v) is 6.37. The lowest BCUT2D eigenvalue weighted by molar-refractivity contribution is -0.950. The largest absolute Gasteiger partial charge is 1.00 e. The van der Waals surface area contributed by atoms with Gasteiger partial charge >= 0.3 is 0 Å². The van der Waals surface area contributed by atoms with E-state index < -0.39 is 0 Å². The molecule has 1 atom stereocenters. The molecule has 30 heavy (non-hydrogen) atoms. The van der Waals surface area contributed by atoms with E-state index >= 15 is 0 Å². The van der Waals surface area contributed by atoms with Crippen molar-refractivity contribution in [1.82, 2.24) is 0 Å². The maximum atomic E-state index is 6.22. The van der Waals surface area contributed by atoms with Gasteiger partial charge in [-0.05, 0) is 42.9 Å². The van der Waals surface area contributed by atoms with Gasteiger partial charge in [-0.2, -0.15) is 0 Å². The number of halogens is 1. The van der Waals surface area contributed by atoms with Crippen molar-refractivity contribution in [1.29, 1.82) is 0 Å². The molecule has 0 aromatic heterocycles. The lowest BCUT2D eigenvalue weighted by atomic mass is 9.74. The van der Waals surface area contributed by atoms with Crippen LogP contribution in [-0.2, 0) is 12.0 Å². The Morgan fingerprint density at radius 2 is 1.47 bits per heavy atom. The fourth-order valence-corrected chi connectivity index (χ4v) is 4.65. The zero-order valence-electron chi connectivity index (χ0n) is 20.1. The standard InChI is InChI=1S/C27H42NO.ClH/c1-8-28(6,7)27(21-23(4)5,18-19-29-25-15-10-9-11-16-25)26-17-13-12-14-24(26)20-22(2)3;/h9-17,22-23H,8,18-21H2,1-7H3;1H/q+1;/p-1. The number of hydrogen-bond donors (Lipinski definition) is 0. The molecule has 2 aromatic rings. The number of nitrogens with zero attached hydrogens (tertiary/aromatic N) is 1. The Labute approximate surface area is 191 Å². The van der Waals surface area contributed by atoms with E-state index in [1.165, 1.54) is 11.1 Å². The summed E-state index contributed by atoms with van der Waals surface area (Å²) in [5, 5.41) is 0. The lowest BCUT2D eigenvalue weighted by Gasteiger charge is -2.50. The normalized spacial score (nSPS) is 13.8. The van der Waals surface area contributed by atoms with Crippen LogP contribution in [-0.4, -0.2) is 31.7 Å². The molecule has 0 spiro atoms. The van der Waals surface area contributed by atoms with Crippen molar-refractivity contribution in [3.8, 4) is 5.75 Å². The Hall–Kier alpha value is -1.51. The van der Waals surface area contributed by atoms with Gasteiger partial charge in [0, 0.05) is 18.4 Å². The quantitative estimate of drug-likeness (QED) is 0.493. The van der Waals surface area contributed by atoms with Gasteiger partial charge in [0.05, 0.1) is 27.2 Å². The summed E-state index contributed by atoms with van der Waals surface area (Å²) in [5.74, 6) is 2.22. The van der Waals surface area contributed by atoms with Crippen molar-refractivity contribution >= 4 is 0 Å². The van der Waals surface area contributed by atoms with Crippen molar-refractivity contribution in [2.75, 3.05) is 27.2 Å². The first-order valence-electron chi connectivity index (χ1n) is 11.3. The summed E-state index contributed by atoms with van der Waals surface area (Å²) in [5.41, 5.74) is 3.05. The molecule has 0 heterocycles. The van der Waals surface area contributed by atoms with E-state index in [0.29, 0.717) is 11.8 Å². The molecule has 0 aliphatic rings. The molecule has 0 N–H and O–H groups in total. The van der Waals surface area contributed by atoms with Crippen molar-refractivity contribution in [3.05, 3.63) is 65.7 Å². The first kappa shape index (κ1) is 26.5. The smallest absolute Gasteiger partial charge is 0.128 e. The van der Waals surface area contributed by atoms with Crippen LogP contribution in [0, 0.1) is 11.8 Å². The molecule has 2 rings (SSSR count). The van der Waals surface area contributed by atoms with Gasteiger partial charge in [-0.1, -0.05) is 70.2 Å². The van der Waals surface area contributed by atoms with Crippen LogP contribution in [0.4, 0.5) is 0 Å². The second kappa shape index (κ2) is 11.8. The Morgan fingerprint density at radius 1 is 0.867 bits per heavy atom. The van der Waals surface area contributed by atoms with Crippen molar-refractivity contribution in [3.63, 3.8) is 0 Å². The van der Waals surface area contributed by atoms with E-state index in [2.05, 4.69) is 85.1 Å². The number of ether oxygens (including phenoxy) is 1. The Bertz CT molecular complexity index is 742. The van der Waals surface area contributed by atoms with E-state index in [1.54, 1.807) is 0 Å². The van der Waals surface area contributed by atoms with Gasteiger partial charge in [0.2, 0.25) is 0 Å². The highest BCUT2D eigenvalue weighted by atomic mass is 35.5. The van der Waals surface area contributed by atoms with E-state index in [0.717, 1.165) is 42.6 Å². The molecular formula is C27H42ClNO. The van der Waals surface area contributed by atoms with Crippen LogP contribution in [0.2, 0.25) is 0 Å². The predicted molar refractivity (Wildman–Crippen MR) is 125 cm³/mol. The number of hydrogen-bond acceptors (Lipinski definition) is 1. The Balaban J connectivity index is 0.00000450. The van der Waals surface area contributed by atoms with Crippen LogP contribution >= 0.6 is 0 Å². The second-order valence-corrected chi connectivity index (χ2v) is 9.80. The maximum absolute atomic E-state index is 6.22. The first-order valence-corrected chi connectivity index (χ1v) is 11.3. The molecule has 2 nitrogen and oxygen atoms in total. The Kier molecular flexibility index (Phi) is 10.4. The van der Waals surface area contributed by atoms with Gasteiger partial charge in [0.25, 0.3) is 0 Å². The molecule has 2 aromatic carbocycles. The van der Waals surface area contributed by atoms with Crippen LogP contribution in [0.3, 0.4) is 0 Å². The molecule has 168 valence electrons. The van der Waals surface area contributed by atoms with Gasteiger partial charge in [-0.25, -0.2) is 0 Å². The number of para-hydroxylation sites is 1. The van der Waals surface area contributed by atoms with E-state index in [1.807, 2.05) is 18.2 Å². The molecule has 0 amide bonds. The van der Waals surface area contributed by atoms with Crippen LogP contribution in [0.15, 0.2) is 54.6 Å². The highest BCUT2D eigenvalue weighted by Gasteiger charge is 2.47. The highest BCUT2D eigenvalue weighted by Crippen LogP contribution is 2.43. The summed E-state index contributed by atoms with van der Waals surface area (Å²) in [6, 6.07) is 19.4. The van der Waals surface area contributed by atoms with Crippen LogP contribution in [0.1, 0.15) is 58.6 Å². The van der Waals surface area contributed by atoms with Gasteiger partial charge in [0.15, 0.2) is 0 Å². The first-order chi connectivity index (χ1) is 13.7. The van der Waals surface area contributed by atoms with Crippen LogP contribution < -0.4 is 17.1 Å². The van der Waals surface area contributed by atoms with Crippen LogP contribution in [0.25, 0.3) is 0 Å². The van der Waals surface area contributed by atoms with Gasteiger partial charge in [0.1, 0.15) is 11.3 Å². The van der Waals surface area contributed by atoms with Crippen LogP contribution in [0.5, 0.6) is 5.75 Å². The molecule has 0 aliphatic heterocycles. The van der Waals surface area contributed by atoms with Gasteiger partial charge in [-0.3, -0.25) is 0 Å². The Morgan fingerprint density at radius 3 is 2.03 bits per heavy atom. The SMILES string of the molecule is CC[N+](C)(C)C(CCOc1ccccc1)(CC(C)C)c1ccccc1CC(C)C.[Cl-]. The fraction of sp³-hybridized carbons (Fsp3) is 0.556. The predicted octanol–water partition coefficient (Wildman–Crippen LogP) is 3.70. The summed E-state index contributed by atoms with van der Waals surface area (Å²) in [7, 11) is 4.80. The molecule has 0 aliphatic carbocycles. The molecule has 3 heteroatoms. The third kappa shape index (κ3) is 6.49. The minimum Gasteiger partial charge on any atom is -1.00 e. The molecule has 0 saturated heterocycles. The zero-order chi connectivity index (χ0) is 21.5. The minimum absolute atomic E-state index is 0. The molecular weight excluding hydrogens is 390 g/mol. The number of benzene rings is 2. The average Bonchev–Trinajstić information content (AvgIpc) is 2.67. The lowest BCUT2D eigenvalue weighted by Crippen LogP contribution is -3.00. The molecule has 0 fully saturated rings. The second-order valence-electron chi connectivity index (χ2n) is 9.80.